The first-order valence-electron chi connectivity index (χ1n) is 13.1. The molecule has 0 aliphatic rings. The summed E-state index contributed by atoms with van der Waals surface area (Å²) >= 11 is 0. The molecule has 0 fully saturated rings. The Morgan fingerprint density at radius 2 is 1.13 bits per heavy atom. The van der Waals surface area contributed by atoms with Crippen LogP contribution in [0.3, 0.4) is 0 Å². The largest absolute Gasteiger partial charge is 0.452 e. The van der Waals surface area contributed by atoms with Crippen LogP contribution in [0.4, 0.5) is 0 Å². The molecule has 0 unspecified atom stereocenters. The molecular weight excluding hydrogens is 476 g/mol. The van der Waals surface area contributed by atoms with Gasteiger partial charge in [-0.1, -0.05) is 115 Å². The van der Waals surface area contributed by atoms with Gasteiger partial charge >= 0.3 is 0 Å². The zero-order valence-corrected chi connectivity index (χ0v) is 21.0. The highest BCUT2D eigenvalue weighted by atomic mass is 16.3. The minimum Gasteiger partial charge on any atom is -0.452 e. The van der Waals surface area contributed by atoms with Crippen molar-refractivity contribution in [3.05, 3.63) is 133 Å². The maximum absolute atomic E-state index is 6.55. The van der Waals surface area contributed by atoms with E-state index in [0.29, 0.717) is 11.4 Å². The van der Waals surface area contributed by atoms with Gasteiger partial charge in [-0.3, -0.25) is 0 Å². The number of rotatable bonds is 3. The van der Waals surface area contributed by atoms with Gasteiger partial charge in [-0.15, -0.1) is 0 Å². The third-order valence-electron chi connectivity index (χ3n) is 7.45. The molecule has 0 aliphatic heterocycles. The zero-order chi connectivity index (χ0) is 25.8. The van der Waals surface area contributed by atoms with E-state index in [1.165, 1.54) is 0 Å². The summed E-state index contributed by atoms with van der Waals surface area (Å²) in [6, 6.07) is 46.3. The lowest BCUT2D eigenvalue weighted by molar-refractivity contribution is 0.668. The molecule has 3 nitrogen and oxygen atoms in total. The first-order chi connectivity index (χ1) is 19.3. The molecular formula is C36H22N2O. The number of furan rings is 1. The van der Waals surface area contributed by atoms with Crippen molar-refractivity contribution in [2.75, 3.05) is 0 Å². The first kappa shape index (κ1) is 21.8. The van der Waals surface area contributed by atoms with E-state index in [1.54, 1.807) is 0 Å². The molecule has 0 aliphatic carbocycles. The third kappa shape index (κ3) is 3.59. The molecule has 2 aromatic heterocycles. The number of aromatic nitrogens is 2. The maximum Gasteiger partial charge on any atom is 0.180 e. The van der Waals surface area contributed by atoms with Crippen LogP contribution in [0.2, 0.25) is 0 Å². The molecule has 8 aromatic rings. The normalized spacial score (nSPS) is 11.6. The Morgan fingerprint density at radius 1 is 0.462 bits per heavy atom. The van der Waals surface area contributed by atoms with Crippen LogP contribution in [-0.4, -0.2) is 9.97 Å². The Balaban J connectivity index is 1.46. The molecule has 39 heavy (non-hydrogen) atoms. The van der Waals surface area contributed by atoms with Gasteiger partial charge in [0.1, 0.15) is 16.8 Å². The van der Waals surface area contributed by atoms with Crippen LogP contribution in [0.5, 0.6) is 0 Å². The van der Waals surface area contributed by atoms with Crippen molar-refractivity contribution < 1.29 is 4.42 Å². The molecule has 0 saturated heterocycles. The lowest BCUT2D eigenvalue weighted by atomic mass is 10.0. The van der Waals surface area contributed by atoms with Gasteiger partial charge in [0.05, 0.1) is 0 Å². The number of benzene rings is 6. The fourth-order valence-electron chi connectivity index (χ4n) is 5.54. The van der Waals surface area contributed by atoms with Crippen LogP contribution >= 0.6 is 0 Å². The van der Waals surface area contributed by atoms with Gasteiger partial charge in [0.2, 0.25) is 0 Å². The number of hydrogen-bond donors (Lipinski definition) is 0. The van der Waals surface area contributed by atoms with Crippen LogP contribution < -0.4 is 0 Å². The molecule has 2 heterocycles. The first-order valence-corrected chi connectivity index (χ1v) is 13.1. The lowest BCUT2D eigenvalue weighted by Gasteiger charge is -2.10. The summed E-state index contributed by atoms with van der Waals surface area (Å²) in [5, 5.41) is 5.58. The standard InChI is InChI=1S/C36H22N2O/c1-2-10-23(11-3-1)25-16-8-17-28(20-25)33-35-34(31-21-26-13-4-5-14-27(26)22-32(31)39-35)38-36(37-33)30-19-9-15-24-12-6-7-18-29(24)30/h1-22H. The Bertz CT molecular complexity index is 2170. The van der Waals surface area contributed by atoms with E-state index in [0.717, 1.165) is 66.0 Å². The number of fused-ring (bicyclic) bond motifs is 5. The van der Waals surface area contributed by atoms with Gasteiger partial charge in [0, 0.05) is 16.5 Å². The second kappa shape index (κ2) is 8.64. The van der Waals surface area contributed by atoms with Gasteiger partial charge in [-0.05, 0) is 50.9 Å². The van der Waals surface area contributed by atoms with E-state index in [4.69, 9.17) is 14.4 Å². The van der Waals surface area contributed by atoms with E-state index >= 15 is 0 Å². The van der Waals surface area contributed by atoms with Crippen molar-refractivity contribution >= 4 is 43.6 Å². The summed E-state index contributed by atoms with van der Waals surface area (Å²) in [4.78, 5) is 10.3. The minimum atomic E-state index is 0.690. The molecule has 0 radical (unpaired) electrons. The summed E-state index contributed by atoms with van der Waals surface area (Å²) in [6.45, 7) is 0. The van der Waals surface area contributed by atoms with E-state index in [2.05, 4.69) is 127 Å². The quantitative estimate of drug-likeness (QED) is 0.243. The molecule has 8 rings (SSSR count). The topological polar surface area (TPSA) is 38.9 Å². The molecule has 0 atom stereocenters. The van der Waals surface area contributed by atoms with Crippen LogP contribution in [0, 0.1) is 0 Å². The van der Waals surface area contributed by atoms with Crippen molar-refractivity contribution in [1.29, 1.82) is 0 Å². The highest BCUT2D eigenvalue weighted by Crippen LogP contribution is 2.39. The molecule has 0 spiro atoms. The Labute approximate surface area is 225 Å². The lowest BCUT2D eigenvalue weighted by Crippen LogP contribution is -1.95. The summed E-state index contributed by atoms with van der Waals surface area (Å²) in [5.74, 6) is 0.690. The fraction of sp³-hybridized carbons (Fsp3) is 0. The molecule has 0 bridgehead atoms. The van der Waals surface area contributed by atoms with E-state index in [-0.39, 0.29) is 0 Å². The maximum atomic E-state index is 6.55. The predicted molar refractivity (Wildman–Crippen MR) is 161 cm³/mol. The van der Waals surface area contributed by atoms with Gasteiger partial charge in [0.15, 0.2) is 11.4 Å². The average molecular weight is 499 g/mol. The van der Waals surface area contributed by atoms with Crippen molar-refractivity contribution in [2.24, 2.45) is 0 Å². The van der Waals surface area contributed by atoms with Crippen molar-refractivity contribution in [2.45, 2.75) is 0 Å². The van der Waals surface area contributed by atoms with Gasteiger partial charge < -0.3 is 4.42 Å². The van der Waals surface area contributed by atoms with Crippen molar-refractivity contribution in [1.82, 2.24) is 9.97 Å². The molecule has 0 N–H and O–H groups in total. The van der Waals surface area contributed by atoms with Crippen LogP contribution in [0.25, 0.3) is 77.4 Å². The third-order valence-corrected chi connectivity index (χ3v) is 7.45. The van der Waals surface area contributed by atoms with Gasteiger partial charge in [-0.2, -0.15) is 0 Å². The van der Waals surface area contributed by atoms with Crippen molar-refractivity contribution in [3.8, 4) is 33.8 Å². The smallest absolute Gasteiger partial charge is 0.180 e. The average Bonchev–Trinajstić information content (AvgIpc) is 3.37. The predicted octanol–water partition coefficient (Wildman–Crippen LogP) is 9.68. The molecule has 0 saturated carbocycles. The Morgan fingerprint density at radius 3 is 2.00 bits per heavy atom. The SMILES string of the molecule is c1ccc(-c2cccc(-c3nc(-c4cccc5ccccc45)nc4c3oc3cc5ccccc5cc34)c2)cc1. The zero-order valence-electron chi connectivity index (χ0n) is 21.0. The Kier molecular flexibility index (Phi) is 4.82. The van der Waals surface area contributed by atoms with Crippen LogP contribution in [0.1, 0.15) is 0 Å². The van der Waals surface area contributed by atoms with Crippen LogP contribution in [0.15, 0.2) is 138 Å². The second-order valence-corrected chi connectivity index (χ2v) is 9.84. The van der Waals surface area contributed by atoms with E-state index < -0.39 is 0 Å². The highest BCUT2D eigenvalue weighted by Gasteiger charge is 2.20. The summed E-state index contributed by atoms with van der Waals surface area (Å²) in [7, 11) is 0. The monoisotopic (exact) mass is 498 g/mol. The van der Waals surface area contributed by atoms with E-state index in [9.17, 15) is 0 Å². The number of hydrogen-bond acceptors (Lipinski definition) is 3. The highest BCUT2D eigenvalue weighted by molar-refractivity contribution is 6.11. The van der Waals surface area contributed by atoms with E-state index in [1.807, 2.05) is 6.07 Å². The molecule has 0 amide bonds. The van der Waals surface area contributed by atoms with Crippen molar-refractivity contribution in [3.63, 3.8) is 0 Å². The number of nitrogens with zero attached hydrogens (tertiary/aromatic N) is 2. The Hall–Kier alpha value is -5.28. The molecule has 3 heteroatoms. The molecule has 6 aromatic carbocycles. The summed E-state index contributed by atoms with van der Waals surface area (Å²) < 4.78 is 6.55. The van der Waals surface area contributed by atoms with Gasteiger partial charge in [-0.25, -0.2) is 9.97 Å². The minimum absolute atomic E-state index is 0.690. The van der Waals surface area contributed by atoms with Gasteiger partial charge in [0.25, 0.3) is 0 Å². The fourth-order valence-corrected chi connectivity index (χ4v) is 5.54. The summed E-state index contributed by atoms with van der Waals surface area (Å²) in [6.07, 6.45) is 0. The second-order valence-electron chi connectivity index (χ2n) is 9.84. The molecule has 182 valence electrons. The van der Waals surface area contributed by atoms with Crippen LogP contribution in [-0.2, 0) is 0 Å². The summed E-state index contributed by atoms with van der Waals surface area (Å²) in [5.41, 5.74) is 7.43.